The highest BCUT2D eigenvalue weighted by Crippen LogP contribution is 2.41. The molecule has 0 fully saturated rings. The fourth-order valence-electron chi connectivity index (χ4n) is 1.80. The van der Waals surface area contributed by atoms with E-state index >= 15 is 0 Å². The monoisotopic (exact) mass is 245 g/mol. The number of azo groups is 1. The zero-order valence-electron chi connectivity index (χ0n) is 8.71. The molecule has 1 aromatic heterocycles. The molecule has 0 bridgehead atoms. The van der Waals surface area contributed by atoms with Crippen LogP contribution < -0.4 is 5.73 Å². The van der Waals surface area contributed by atoms with Gasteiger partial charge in [-0.1, -0.05) is 41.9 Å². The molecule has 2 N–H and O–H groups in total. The van der Waals surface area contributed by atoms with Crippen molar-refractivity contribution < 1.29 is 0 Å². The highest BCUT2D eigenvalue weighted by atomic mass is 35.5. The van der Waals surface area contributed by atoms with Crippen LogP contribution in [0.2, 0.25) is 5.15 Å². The first kappa shape index (κ1) is 10.2. The Balaban J connectivity index is 2.14. The number of nitrogen functional groups attached to an aromatic ring is 1. The lowest BCUT2D eigenvalue weighted by atomic mass is 10.0. The van der Waals surface area contributed by atoms with Crippen LogP contribution in [-0.2, 0) is 0 Å². The van der Waals surface area contributed by atoms with Crippen LogP contribution in [0.1, 0.15) is 17.2 Å². The van der Waals surface area contributed by atoms with Crippen molar-refractivity contribution in [3.05, 3.63) is 46.6 Å². The number of hydrogen-bond acceptors (Lipinski definition) is 5. The van der Waals surface area contributed by atoms with E-state index in [-0.39, 0.29) is 12.0 Å². The lowest BCUT2D eigenvalue weighted by Gasteiger charge is -2.08. The molecule has 0 saturated heterocycles. The number of halogens is 1. The van der Waals surface area contributed by atoms with Crippen LogP contribution in [-0.4, -0.2) is 9.97 Å². The number of anilines is 1. The average Bonchev–Trinajstić information content (AvgIpc) is 2.74. The van der Waals surface area contributed by atoms with Gasteiger partial charge < -0.3 is 5.73 Å². The maximum atomic E-state index is 6.07. The van der Waals surface area contributed by atoms with Crippen molar-refractivity contribution in [2.75, 3.05) is 5.73 Å². The summed E-state index contributed by atoms with van der Waals surface area (Å²) in [5, 5.41) is 8.46. The molecule has 0 saturated carbocycles. The van der Waals surface area contributed by atoms with Crippen LogP contribution >= 0.6 is 11.6 Å². The van der Waals surface area contributed by atoms with Gasteiger partial charge in [-0.2, -0.15) is 10.1 Å². The van der Waals surface area contributed by atoms with E-state index in [1.807, 2.05) is 30.3 Å². The first-order valence-corrected chi connectivity index (χ1v) is 5.42. The van der Waals surface area contributed by atoms with Crippen LogP contribution in [0.3, 0.4) is 0 Å². The summed E-state index contributed by atoms with van der Waals surface area (Å²) in [6, 6.07) is 9.51. The standard InChI is InChI=1S/C11H8ClN5/c12-9-7-8(6-4-2-1-3-5-6)16-17-10(7)15-11(13)14-9/h1-5,8H,(H2,13,14,15)/t8-/m0/s1. The second kappa shape index (κ2) is 3.78. The summed E-state index contributed by atoms with van der Waals surface area (Å²) in [5.41, 5.74) is 7.23. The van der Waals surface area contributed by atoms with Gasteiger partial charge in [0, 0.05) is 0 Å². The van der Waals surface area contributed by atoms with Gasteiger partial charge in [-0.25, -0.2) is 4.98 Å². The number of fused-ring (bicyclic) bond motifs is 1. The summed E-state index contributed by atoms with van der Waals surface area (Å²) in [6.07, 6.45) is 0. The topological polar surface area (TPSA) is 76.5 Å². The zero-order valence-corrected chi connectivity index (χ0v) is 9.46. The Labute approximate surface area is 102 Å². The normalized spacial score (nSPS) is 17.1. The van der Waals surface area contributed by atoms with E-state index in [1.165, 1.54) is 0 Å². The number of aromatic nitrogens is 2. The number of rotatable bonds is 1. The first-order chi connectivity index (χ1) is 8.25. The summed E-state index contributed by atoms with van der Waals surface area (Å²) in [4.78, 5) is 7.95. The summed E-state index contributed by atoms with van der Waals surface area (Å²) in [5.74, 6) is 0.567. The van der Waals surface area contributed by atoms with Gasteiger partial charge in [-0.05, 0) is 5.56 Å². The molecular formula is C11H8ClN5. The van der Waals surface area contributed by atoms with Crippen LogP contribution in [0.15, 0.2) is 40.6 Å². The van der Waals surface area contributed by atoms with Gasteiger partial charge in [0.1, 0.15) is 11.2 Å². The van der Waals surface area contributed by atoms with Crippen LogP contribution in [0, 0.1) is 0 Å². The smallest absolute Gasteiger partial charge is 0.223 e. The maximum Gasteiger partial charge on any atom is 0.223 e. The molecule has 0 unspecified atom stereocenters. The number of nitrogens with two attached hydrogens (primary N) is 1. The van der Waals surface area contributed by atoms with E-state index in [0.717, 1.165) is 5.56 Å². The van der Waals surface area contributed by atoms with E-state index < -0.39 is 0 Å². The average molecular weight is 246 g/mol. The van der Waals surface area contributed by atoms with Crippen LogP contribution in [0.4, 0.5) is 11.8 Å². The SMILES string of the molecule is Nc1nc(Cl)c2c(n1)N=N[C@H]2c1ccccc1. The predicted octanol–water partition coefficient (Wildman–Crippen LogP) is 2.90. The summed E-state index contributed by atoms with van der Waals surface area (Å²) < 4.78 is 0. The fourth-order valence-corrected chi connectivity index (χ4v) is 2.07. The lowest BCUT2D eigenvalue weighted by molar-refractivity contribution is 0.857. The number of benzene rings is 1. The van der Waals surface area contributed by atoms with Crippen molar-refractivity contribution in [2.45, 2.75) is 6.04 Å². The third-order valence-corrected chi connectivity index (χ3v) is 2.84. The Bertz CT molecular complexity index is 596. The van der Waals surface area contributed by atoms with Crippen molar-refractivity contribution in [2.24, 2.45) is 10.2 Å². The Morgan fingerprint density at radius 2 is 1.88 bits per heavy atom. The molecule has 2 heterocycles. The van der Waals surface area contributed by atoms with E-state index in [2.05, 4.69) is 20.2 Å². The molecule has 84 valence electrons. The fraction of sp³-hybridized carbons (Fsp3) is 0.0909. The van der Waals surface area contributed by atoms with E-state index in [4.69, 9.17) is 17.3 Å². The van der Waals surface area contributed by atoms with E-state index in [1.54, 1.807) is 0 Å². The van der Waals surface area contributed by atoms with Gasteiger partial charge in [0.15, 0.2) is 5.82 Å². The molecule has 2 aromatic rings. The molecule has 0 amide bonds. The van der Waals surface area contributed by atoms with E-state index in [9.17, 15) is 0 Å². The van der Waals surface area contributed by atoms with Crippen LogP contribution in [0.25, 0.3) is 0 Å². The molecule has 3 rings (SSSR count). The van der Waals surface area contributed by atoms with Crippen molar-refractivity contribution in [3.63, 3.8) is 0 Å². The van der Waals surface area contributed by atoms with Gasteiger partial charge in [0.25, 0.3) is 0 Å². The molecule has 1 aromatic carbocycles. The highest BCUT2D eigenvalue weighted by molar-refractivity contribution is 6.30. The molecule has 0 aliphatic carbocycles. The largest absolute Gasteiger partial charge is 0.368 e. The molecular weight excluding hydrogens is 238 g/mol. The van der Waals surface area contributed by atoms with Gasteiger partial charge in [0.05, 0.1) is 5.56 Å². The van der Waals surface area contributed by atoms with Crippen molar-refractivity contribution >= 4 is 23.4 Å². The molecule has 17 heavy (non-hydrogen) atoms. The Morgan fingerprint density at radius 3 is 2.65 bits per heavy atom. The van der Waals surface area contributed by atoms with Gasteiger partial charge in [-0.15, -0.1) is 5.11 Å². The van der Waals surface area contributed by atoms with Gasteiger partial charge in [-0.3, -0.25) is 0 Å². The maximum absolute atomic E-state index is 6.07. The minimum atomic E-state index is -0.237. The van der Waals surface area contributed by atoms with Crippen molar-refractivity contribution in [3.8, 4) is 0 Å². The van der Waals surface area contributed by atoms with E-state index in [0.29, 0.717) is 16.5 Å². The Hall–Kier alpha value is -2.01. The van der Waals surface area contributed by atoms with Crippen LogP contribution in [0.5, 0.6) is 0 Å². The number of hydrogen-bond donors (Lipinski definition) is 1. The third-order valence-electron chi connectivity index (χ3n) is 2.55. The molecule has 6 heteroatoms. The minimum absolute atomic E-state index is 0.112. The minimum Gasteiger partial charge on any atom is -0.368 e. The number of nitrogens with zero attached hydrogens (tertiary/aromatic N) is 4. The summed E-state index contributed by atoms with van der Waals surface area (Å²) in [6.45, 7) is 0. The lowest BCUT2D eigenvalue weighted by Crippen LogP contribution is -2.01. The second-order valence-corrected chi connectivity index (χ2v) is 4.00. The third kappa shape index (κ3) is 1.64. The summed E-state index contributed by atoms with van der Waals surface area (Å²) in [7, 11) is 0. The molecule has 5 nitrogen and oxygen atoms in total. The second-order valence-electron chi connectivity index (χ2n) is 3.64. The molecule has 1 aliphatic rings. The van der Waals surface area contributed by atoms with Crippen molar-refractivity contribution in [1.29, 1.82) is 0 Å². The zero-order chi connectivity index (χ0) is 11.8. The van der Waals surface area contributed by atoms with Crippen molar-refractivity contribution in [1.82, 2.24) is 9.97 Å². The highest BCUT2D eigenvalue weighted by Gasteiger charge is 2.27. The predicted molar refractivity (Wildman–Crippen MR) is 64.3 cm³/mol. The molecule has 1 aliphatic heterocycles. The Morgan fingerprint density at radius 1 is 1.12 bits per heavy atom. The molecule has 0 spiro atoms. The Kier molecular flexibility index (Phi) is 2.26. The molecule has 1 atom stereocenters. The molecule has 0 radical (unpaired) electrons. The van der Waals surface area contributed by atoms with Gasteiger partial charge in [0.2, 0.25) is 5.95 Å². The first-order valence-electron chi connectivity index (χ1n) is 5.04. The van der Waals surface area contributed by atoms with Gasteiger partial charge >= 0.3 is 0 Å². The summed E-state index contributed by atoms with van der Waals surface area (Å²) >= 11 is 6.07. The quantitative estimate of drug-likeness (QED) is 0.785.